The minimum absolute atomic E-state index is 0.145. The van der Waals surface area contributed by atoms with E-state index in [1.165, 1.54) is 32.2 Å². The van der Waals surface area contributed by atoms with E-state index in [0.29, 0.717) is 29.4 Å². The molecule has 0 spiro atoms. The number of carbonyl (C=O) groups is 1. The first-order valence-electron chi connectivity index (χ1n) is 10.4. The molecule has 3 aromatic rings. The highest BCUT2D eigenvalue weighted by molar-refractivity contribution is 7.89. The maximum atomic E-state index is 12.7. The van der Waals surface area contributed by atoms with Crippen LogP contribution in [0.4, 0.5) is 0 Å². The summed E-state index contributed by atoms with van der Waals surface area (Å²) in [7, 11) is 2.52. The van der Waals surface area contributed by atoms with Gasteiger partial charge in [-0.2, -0.15) is 4.98 Å². The maximum Gasteiger partial charge on any atom is 0.246 e. The van der Waals surface area contributed by atoms with Gasteiger partial charge in [0.15, 0.2) is 0 Å². The second-order valence-corrected chi connectivity index (χ2v) is 9.99. The molecule has 0 fully saturated rings. The standard InChI is InChI=1S/C23H28N4O5S/c1-16-8-6-7-9-19(16)23-24-21(32-25-23)15-27(4)22(28)13-10-17-14-18(11-12-20(17)31-5)33(29,30)26(2)3/h6-9,11-12,14H,10,13,15H2,1-5H3. The molecule has 1 amide bonds. The Balaban J connectivity index is 1.67. The van der Waals surface area contributed by atoms with Gasteiger partial charge in [-0.3, -0.25) is 4.79 Å². The molecule has 9 nitrogen and oxygen atoms in total. The zero-order valence-corrected chi connectivity index (χ0v) is 20.2. The van der Waals surface area contributed by atoms with Crippen molar-refractivity contribution in [2.75, 3.05) is 28.3 Å². The summed E-state index contributed by atoms with van der Waals surface area (Å²) in [5, 5.41) is 4.02. The van der Waals surface area contributed by atoms with Gasteiger partial charge in [-0.25, -0.2) is 12.7 Å². The molecular formula is C23H28N4O5S. The molecule has 0 N–H and O–H groups in total. The van der Waals surface area contributed by atoms with Gasteiger partial charge in [-0.15, -0.1) is 0 Å². The average molecular weight is 473 g/mol. The first-order valence-corrected chi connectivity index (χ1v) is 11.8. The summed E-state index contributed by atoms with van der Waals surface area (Å²) in [4.78, 5) is 18.8. The number of hydrogen-bond acceptors (Lipinski definition) is 7. The number of benzene rings is 2. The molecule has 0 aliphatic heterocycles. The highest BCUT2D eigenvalue weighted by Crippen LogP contribution is 2.25. The minimum atomic E-state index is -3.59. The molecule has 176 valence electrons. The fourth-order valence-corrected chi connectivity index (χ4v) is 4.25. The zero-order valence-electron chi connectivity index (χ0n) is 19.4. The molecule has 3 rings (SSSR count). The van der Waals surface area contributed by atoms with E-state index < -0.39 is 10.0 Å². The quantitative estimate of drug-likeness (QED) is 0.471. The number of sulfonamides is 1. The number of carbonyl (C=O) groups excluding carboxylic acids is 1. The lowest BCUT2D eigenvalue weighted by Crippen LogP contribution is -2.26. The molecule has 0 bridgehead atoms. The van der Waals surface area contributed by atoms with Gasteiger partial charge < -0.3 is 14.2 Å². The van der Waals surface area contributed by atoms with Gasteiger partial charge in [-0.1, -0.05) is 29.4 Å². The lowest BCUT2D eigenvalue weighted by molar-refractivity contribution is -0.130. The summed E-state index contributed by atoms with van der Waals surface area (Å²) in [6, 6.07) is 12.4. The lowest BCUT2D eigenvalue weighted by atomic mass is 10.1. The largest absolute Gasteiger partial charge is 0.496 e. The van der Waals surface area contributed by atoms with Crippen LogP contribution in [0.1, 0.15) is 23.4 Å². The third kappa shape index (κ3) is 5.58. The summed E-state index contributed by atoms with van der Waals surface area (Å²) < 4.78 is 36.7. The third-order valence-electron chi connectivity index (χ3n) is 5.29. The molecule has 2 aromatic carbocycles. The third-order valence-corrected chi connectivity index (χ3v) is 7.10. The van der Waals surface area contributed by atoms with Crippen LogP contribution < -0.4 is 4.74 Å². The smallest absolute Gasteiger partial charge is 0.246 e. The maximum absolute atomic E-state index is 12.7. The Hall–Kier alpha value is -3.24. The minimum Gasteiger partial charge on any atom is -0.496 e. The van der Waals surface area contributed by atoms with Crippen LogP contribution in [0.25, 0.3) is 11.4 Å². The summed E-state index contributed by atoms with van der Waals surface area (Å²) in [6.45, 7) is 2.14. The van der Waals surface area contributed by atoms with E-state index in [9.17, 15) is 13.2 Å². The molecule has 1 aromatic heterocycles. The van der Waals surface area contributed by atoms with E-state index >= 15 is 0 Å². The van der Waals surface area contributed by atoms with Crippen LogP contribution in [0.15, 0.2) is 51.9 Å². The van der Waals surface area contributed by atoms with Crippen molar-refractivity contribution >= 4 is 15.9 Å². The highest BCUT2D eigenvalue weighted by atomic mass is 32.2. The summed E-state index contributed by atoms with van der Waals surface area (Å²) in [6.07, 6.45) is 0.485. The molecule has 1 heterocycles. The summed E-state index contributed by atoms with van der Waals surface area (Å²) in [5.74, 6) is 1.20. The van der Waals surface area contributed by atoms with Crippen molar-refractivity contribution in [3.63, 3.8) is 0 Å². The molecule has 0 aliphatic rings. The van der Waals surface area contributed by atoms with E-state index in [0.717, 1.165) is 15.4 Å². The van der Waals surface area contributed by atoms with Crippen LogP contribution in [0.5, 0.6) is 5.75 Å². The van der Waals surface area contributed by atoms with Gasteiger partial charge in [0.05, 0.1) is 18.6 Å². The fraction of sp³-hybridized carbons (Fsp3) is 0.348. The highest BCUT2D eigenvalue weighted by Gasteiger charge is 2.20. The van der Waals surface area contributed by atoms with Crippen molar-refractivity contribution in [2.45, 2.75) is 31.2 Å². The number of aryl methyl sites for hydroxylation is 2. The SMILES string of the molecule is COc1ccc(S(=O)(=O)N(C)C)cc1CCC(=O)N(C)Cc1nc(-c2ccccc2C)no1. The number of methoxy groups -OCH3 is 1. The van der Waals surface area contributed by atoms with Gasteiger partial charge in [0.2, 0.25) is 27.6 Å². The van der Waals surface area contributed by atoms with Gasteiger partial charge in [0, 0.05) is 33.1 Å². The Morgan fingerprint density at radius 3 is 2.52 bits per heavy atom. The molecule has 0 saturated heterocycles. The van der Waals surface area contributed by atoms with Crippen LogP contribution in [0.2, 0.25) is 0 Å². The van der Waals surface area contributed by atoms with Crippen molar-refractivity contribution in [1.82, 2.24) is 19.3 Å². The van der Waals surface area contributed by atoms with Crippen molar-refractivity contribution in [2.24, 2.45) is 0 Å². The van der Waals surface area contributed by atoms with E-state index in [2.05, 4.69) is 10.1 Å². The molecule has 0 unspecified atom stereocenters. The Morgan fingerprint density at radius 1 is 1.12 bits per heavy atom. The van der Waals surface area contributed by atoms with Crippen molar-refractivity contribution in [3.05, 3.63) is 59.5 Å². The second-order valence-electron chi connectivity index (χ2n) is 7.84. The molecule has 10 heteroatoms. The van der Waals surface area contributed by atoms with Gasteiger partial charge in [0.1, 0.15) is 5.75 Å². The second kappa shape index (κ2) is 10.1. The normalized spacial score (nSPS) is 11.6. The topological polar surface area (TPSA) is 106 Å². The van der Waals surface area contributed by atoms with Gasteiger partial charge in [-0.05, 0) is 42.7 Å². The zero-order chi connectivity index (χ0) is 24.2. The van der Waals surface area contributed by atoms with Crippen LogP contribution in [-0.4, -0.2) is 61.9 Å². The molecule has 0 aliphatic carbocycles. The number of hydrogen-bond donors (Lipinski definition) is 0. The number of ether oxygens (including phenoxy) is 1. The Labute approximate surface area is 194 Å². The number of nitrogens with zero attached hydrogens (tertiary/aromatic N) is 4. The van der Waals surface area contributed by atoms with Crippen LogP contribution in [0, 0.1) is 6.92 Å². The predicted molar refractivity (Wildman–Crippen MR) is 123 cm³/mol. The molecule has 0 radical (unpaired) electrons. The average Bonchev–Trinajstić information content (AvgIpc) is 3.25. The predicted octanol–water partition coefficient (Wildman–Crippen LogP) is 2.90. The summed E-state index contributed by atoms with van der Waals surface area (Å²) in [5.41, 5.74) is 2.55. The first-order chi connectivity index (χ1) is 15.6. The van der Waals surface area contributed by atoms with Crippen LogP contribution in [0.3, 0.4) is 0 Å². The van der Waals surface area contributed by atoms with E-state index in [4.69, 9.17) is 9.26 Å². The number of rotatable bonds is 9. The van der Waals surface area contributed by atoms with Gasteiger partial charge in [0.25, 0.3) is 0 Å². The van der Waals surface area contributed by atoms with Crippen molar-refractivity contribution in [1.29, 1.82) is 0 Å². The van der Waals surface area contributed by atoms with Gasteiger partial charge >= 0.3 is 0 Å². The van der Waals surface area contributed by atoms with E-state index in [1.54, 1.807) is 19.2 Å². The molecule has 0 atom stereocenters. The summed E-state index contributed by atoms with van der Waals surface area (Å²) >= 11 is 0. The Bertz CT molecular complexity index is 1240. The van der Waals surface area contributed by atoms with Crippen molar-refractivity contribution < 1.29 is 22.5 Å². The van der Waals surface area contributed by atoms with E-state index in [-0.39, 0.29) is 23.8 Å². The Morgan fingerprint density at radius 2 is 1.85 bits per heavy atom. The molecule has 33 heavy (non-hydrogen) atoms. The molecule has 0 saturated carbocycles. The monoisotopic (exact) mass is 472 g/mol. The Kier molecular flexibility index (Phi) is 7.50. The molecular weight excluding hydrogens is 444 g/mol. The number of aromatic nitrogens is 2. The van der Waals surface area contributed by atoms with Crippen molar-refractivity contribution in [3.8, 4) is 17.1 Å². The van der Waals surface area contributed by atoms with E-state index in [1.807, 2.05) is 31.2 Å². The van der Waals surface area contributed by atoms with Crippen LogP contribution >= 0.6 is 0 Å². The fourth-order valence-electron chi connectivity index (χ4n) is 3.30. The lowest BCUT2D eigenvalue weighted by Gasteiger charge is -2.17. The van der Waals surface area contributed by atoms with Crippen LogP contribution in [-0.2, 0) is 27.8 Å². The number of amides is 1. The first kappa shape index (κ1) is 24.4.